The lowest BCUT2D eigenvalue weighted by Gasteiger charge is -2.18. The average Bonchev–Trinajstić information content (AvgIpc) is 2.36. The van der Waals surface area contributed by atoms with Gasteiger partial charge in [-0.3, -0.25) is 0 Å². The third-order valence-electron chi connectivity index (χ3n) is 2.61. The molecule has 0 aliphatic heterocycles. The van der Waals surface area contributed by atoms with Gasteiger partial charge in [-0.25, -0.2) is 4.79 Å². The van der Waals surface area contributed by atoms with Gasteiger partial charge in [0.2, 0.25) is 0 Å². The topological polar surface area (TPSA) is 61.4 Å². The molecule has 1 unspecified atom stereocenters. The Labute approximate surface area is 119 Å². The van der Waals surface area contributed by atoms with Crippen LogP contribution in [0, 0.1) is 5.92 Å². The van der Waals surface area contributed by atoms with E-state index in [0.29, 0.717) is 24.0 Å². The predicted octanol–water partition coefficient (Wildman–Crippen LogP) is 2.15. The third kappa shape index (κ3) is 6.20. The average molecular weight is 280 g/mol. The highest BCUT2D eigenvalue weighted by molar-refractivity contribution is 7.80. The van der Waals surface area contributed by atoms with Crippen LogP contribution in [0.2, 0.25) is 0 Å². The Kier molecular flexibility index (Phi) is 6.29. The minimum Gasteiger partial charge on any atom is -0.480 e. The summed E-state index contributed by atoms with van der Waals surface area (Å²) in [6.45, 7) is 4.55. The first-order chi connectivity index (χ1) is 8.99. The van der Waals surface area contributed by atoms with Crippen LogP contribution in [-0.4, -0.2) is 22.2 Å². The monoisotopic (exact) mass is 280 g/mol. The Morgan fingerprint density at radius 2 is 1.95 bits per heavy atom. The number of aliphatic carboxylic acids is 1. The number of carboxylic acid groups (broad SMARTS) is 1. The Balaban J connectivity index is 2.42. The summed E-state index contributed by atoms with van der Waals surface area (Å²) in [5.41, 5.74) is 1.10. The van der Waals surface area contributed by atoms with Gasteiger partial charge in [0, 0.05) is 6.54 Å². The fourth-order valence-corrected chi connectivity index (χ4v) is 1.89. The summed E-state index contributed by atoms with van der Waals surface area (Å²) in [6.07, 6.45) is 0.544. The summed E-state index contributed by atoms with van der Waals surface area (Å²) in [5.74, 6) is -0.580. The summed E-state index contributed by atoms with van der Waals surface area (Å²) in [5, 5.41) is 15.3. The second-order valence-electron chi connectivity index (χ2n) is 4.83. The molecule has 5 heteroatoms. The lowest BCUT2D eigenvalue weighted by molar-refractivity contribution is -0.139. The normalized spacial score (nSPS) is 11.9. The van der Waals surface area contributed by atoms with Crippen molar-refractivity contribution >= 4 is 23.3 Å². The van der Waals surface area contributed by atoms with Crippen LogP contribution in [0.1, 0.15) is 25.8 Å². The third-order valence-corrected chi connectivity index (χ3v) is 2.87. The summed E-state index contributed by atoms with van der Waals surface area (Å²) >= 11 is 5.12. The van der Waals surface area contributed by atoms with Crippen LogP contribution < -0.4 is 10.6 Å². The highest BCUT2D eigenvalue weighted by Gasteiger charge is 2.19. The van der Waals surface area contributed by atoms with Crippen molar-refractivity contribution in [2.24, 2.45) is 5.92 Å². The molecule has 1 aromatic rings. The Hall–Kier alpha value is -1.62. The van der Waals surface area contributed by atoms with Crippen molar-refractivity contribution in [3.63, 3.8) is 0 Å². The first-order valence-electron chi connectivity index (χ1n) is 6.30. The van der Waals surface area contributed by atoms with E-state index < -0.39 is 12.0 Å². The Bertz CT molecular complexity index is 421. The maximum absolute atomic E-state index is 11.1. The molecular formula is C14H20N2O2S. The number of rotatable bonds is 6. The largest absolute Gasteiger partial charge is 0.480 e. The molecule has 19 heavy (non-hydrogen) atoms. The van der Waals surface area contributed by atoms with E-state index in [4.69, 9.17) is 17.3 Å². The molecule has 0 saturated carbocycles. The fraction of sp³-hybridized carbons (Fsp3) is 0.429. The van der Waals surface area contributed by atoms with Crippen LogP contribution in [-0.2, 0) is 11.3 Å². The van der Waals surface area contributed by atoms with Crippen LogP contribution in [0.3, 0.4) is 0 Å². The van der Waals surface area contributed by atoms with Gasteiger partial charge in [-0.05, 0) is 30.1 Å². The zero-order valence-corrected chi connectivity index (χ0v) is 12.0. The minimum absolute atomic E-state index is 0.297. The second-order valence-corrected chi connectivity index (χ2v) is 5.24. The molecule has 3 N–H and O–H groups in total. The van der Waals surface area contributed by atoms with Crippen LogP contribution in [0.4, 0.5) is 0 Å². The maximum Gasteiger partial charge on any atom is 0.326 e. The van der Waals surface area contributed by atoms with Crippen LogP contribution in [0.15, 0.2) is 30.3 Å². The summed E-state index contributed by atoms with van der Waals surface area (Å²) in [4.78, 5) is 11.1. The van der Waals surface area contributed by atoms with Crippen molar-refractivity contribution in [1.82, 2.24) is 10.6 Å². The maximum atomic E-state index is 11.1. The van der Waals surface area contributed by atoms with E-state index in [1.54, 1.807) is 0 Å². The number of hydrogen-bond donors (Lipinski definition) is 3. The first kappa shape index (κ1) is 15.4. The van der Waals surface area contributed by atoms with Gasteiger partial charge < -0.3 is 15.7 Å². The number of carbonyl (C=O) groups is 1. The second kappa shape index (κ2) is 7.74. The highest BCUT2D eigenvalue weighted by Crippen LogP contribution is 2.05. The van der Waals surface area contributed by atoms with Gasteiger partial charge in [0.1, 0.15) is 6.04 Å². The van der Waals surface area contributed by atoms with E-state index in [0.717, 1.165) is 5.56 Å². The fourth-order valence-electron chi connectivity index (χ4n) is 1.68. The van der Waals surface area contributed by atoms with Crippen molar-refractivity contribution in [1.29, 1.82) is 0 Å². The highest BCUT2D eigenvalue weighted by atomic mass is 32.1. The number of carboxylic acids is 1. The van der Waals surface area contributed by atoms with E-state index in [-0.39, 0.29) is 0 Å². The molecule has 0 aromatic heterocycles. The number of hydrogen-bond acceptors (Lipinski definition) is 2. The molecule has 1 rings (SSSR count). The van der Waals surface area contributed by atoms with Crippen LogP contribution in [0.25, 0.3) is 0 Å². The van der Waals surface area contributed by atoms with Crippen molar-refractivity contribution in [2.75, 3.05) is 0 Å². The first-order valence-corrected chi connectivity index (χ1v) is 6.71. The number of thiocarbonyl (C=S) groups is 1. The predicted molar refractivity (Wildman–Crippen MR) is 79.9 cm³/mol. The summed E-state index contributed by atoms with van der Waals surface area (Å²) in [7, 11) is 0. The van der Waals surface area contributed by atoms with E-state index in [2.05, 4.69) is 10.6 Å². The van der Waals surface area contributed by atoms with Gasteiger partial charge in [0.15, 0.2) is 5.11 Å². The molecule has 4 nitrogen and oxygen atoms in total. The van der Waals surface area contributed by atoms with Crippen molar-refractivity contribution in [2.45, 2.75) is 32.9 Å². The van der Waals surface area contributed by atoms with Crippen molar-refractivity contribution in [3.05, 3.63) is 35.9 Å². The molecule has 0 aliphatic rings. The standard InChI is InChI=1S/C14H20N2O2S/c1-10(2)8-12(13(17)18)16-14(19)15-9-11-6-4-3-5-7-11/h3-7,10,12H,8-9H2,1-2H3,(H,17,18)(H2,15,16,19). The molecule has 0 bridgehead atoms. The smallest absolute Gasteiger partial charge is 0.326 e. The lowest BCUT2D eigenvalue weighted by atomic mass is 10.0. The van der Waals surface area contributed by atoms with E-state index >= 15 is 0 Å². The molecular weight excluding hydrogens is 260 g/mol. The van der Waals surface area contributed by atoms with E-state index in [1.165, 1.54) is 0 Å². The summed E-state index contributed by atoms with van der Waals surface area (Å²) < 4.78 is 0. The quantitative estimate of drug-likeness (QED) is 0.697. The zero-order valence-electron chi connectivity index (χ0n) is 11.2. The molecule has 1 atom stereocenters. The minimum atomic E-state index is -0.877. The SMILES string of the molecule is CC(C)CC(NC(=S)NCc1ccccc1)C(=O)O. The van der Waals surface area contributed by atoms with Gasteiger partial charge in [0.05, 0.1) is 0 Å². The van der Waals surface area contributed by atoms with Gasteiger partial charge in [-0.1, -0.05) is 44.2 Å². The lowest BCUT2D eigenvalue weighted by Crippen LogP contribution is -2.46. The van der Waals surface area contributed by atoms with E-state index in [1.807, 2.05) is 44.2 Å². The Morgan fingerprint density at radius 1 is 1.32 bits per heavy atom. The van der Waals surface area contributed by atoms with E-state index in [9.17, 15) is 4.79 Å². The van der Waals surface area contributed by atoms with Crippen molar-refractivity contribution < 1.29 is 9.90 Å². The molecule has 0 heterocycles. The zero-order chi connectivity index (χ0) is 14.3. The van der Waals surface area contributed by atoms with Crippen molar-refractivity contribution in [3.8, 4) is 0 Å². The molecule has 0 amide bonds. The summed E-state index contributed by atoms with van der Waals surface area (Å²) in [6, 6.07) is 9.18. The van der Waals surface area contributed by atoms with Crippen LogP contribution >= 0.6 is 12.2 Å². The molecule has 0 radical (unpaired) electrons. The van der Waals surface area contributed by atoms with Crippen LogP contribution in [0.5, 0.6) is 0 Å². The molecule has 0 aliphatic carbocycles. The molecule has 0 saturated heterocycles. The van der Waals surface area contributed by atoms with Gasteiger partial charge in [-0.15, -0.1) is 0 Å². The van der Waals surface area contributed by atoms with Gasteiger partial charge >= 0.3 is 5.97 Å². The molecule has 104 valence electrons. The molecule has 0 fully saturated rings. The Morgan fingerprint density at radius 3 is 2.47 bits per heavy atom. The van der Waals surface area contributed by atoms with Gasteiger partial charge in [0.25, 0.3) is 0 Å². The molecule has 0 spiro atoms. The number of nitrogens with one attached hydrogen (secondary N) is 2. The van der Waals surface area contributed by atoms with Gasteiger partial charge in [-0.2, -0.15) is 0 Å². The number of benzene rings is 1. The molecule has 1 aromatic carbocycles.